The van der Waals surface area contributed by atoms with Crippen molar-refractivity contribution < 1.29 is 9.59 Å². The lowest BCUT2D eigenvalue weighted by Gasteiger charge is -2.32. The van der Waals surface area contributed by atoms with Gasteiger partial charge in [-0.3, -0.25) is 18.8 Å². The number of benzene rings is 1. The molecule has 2 amide bonds. The third-order valence-corrected chi connectivity index (χ3v) is 6.48. The van der Waals surface area contributed by atoms with Gasteiger partial charge in [0.15, 0.2) is 4.96 Å². The number of amides is 2. The van der Waals surface area contributed by atoms with E-state index in [1.165, 1.54) is 21.9 Å². The lowest BCUT2D eigenvalue weighted by Crippen LogP contribution is -2.44. The fraction of sp³-hybridized carbons (Fsp3) is 0.364. The molecule has 1 aliphatic heterocycles. The Balaban J connectivity index is 1.52. The van der Waals surface area contributed by atoms with Gasteiger partial charge in [0.1, 0.15) is 5.56 Å². The Morgan fingerprint density at radius 2 is 1.87 bits per heavy atom. The molecule has 0 bridgehead atoms. The van der Waals surface area contributed by atoms with Gasteiger partial charge in [0, 0.05) is 56.8 Å². The number of hydrogen-bond acceptors (Lipinski definition) is 5. The van der Waals surface area contributed by atoms with Crippen LogP contribution in [0.25, 0.3) is 4.96 Å². The van der Waals surface area contributed by atoms with Crippen LogP contribution in [0.1, 0.15) is 33.6 Å². The van der Waals surface area contributed by atoms with E-state index in [4.69, 9.17) is 0 Å². The van der Waals surface area contributed by atoms with Crippen LogP contribution in [-0.4, -0.2) is 58.2 Å². The molecule has 0 saturated carbocycles. The average molecular weight is 425 g/mol. The molecule has 0 radical (unpaired) electrons. The van der Waals surface area contributed by atoms with Crippen molar-refractivity contribution >= 4 is 28.1 Å². The number of aromatic nitrogens is 2. The van der Waals surface area contributed by atoms with Gasteiger partial charge in [0.05, 0.1) is 0 Å². The van der Waals surface area contributed by atoms with Gasteiger partial charge in [0.25, 0.3) is 11.5 Å². The summed E-state index contributed by atoms with van der Waals surface area (Å²) in [5, 5.41) is 0. The quantitative estimate of drug-likeness (QED) is 0.644. The van der Waals surface area contributed by atoms with Crippen molar-refractivity contribution in [1.29, 1.82) is 0 Å². The molecule has 1 saturated heterocycles. The lowest BCUT2D eigenvalue weighted by atomic mass is 9.95. The molecule has 0 spiro atoms. The van der Waals surface area contributed by atoms with Crippen molar-refractivity contribution in [2.24, 2.45) is 5.92 Å². The van der Waals surface area contributed by atoms with Gasteiger partial charge >= 0.3 is 0 Å². The standard InChI is InChI=1S/C22H24N4O3S/c1-24(2)19(27)16-8-10-25(11-9-16)20(28)18-13-23-22-26(21(18)29)14-17(30-22)12-15-6-4-3-5-7-15/h3-7,13-14,16H,8-12H2,1-2H3. The molecule has 7 nitrogen and oxygen atoms in total. The van der Waals surface area contributed by atoms with Crippen molar-refractivity contribution in [3.05, 3.63) is 69.1 Å². The predicted octanol–water partition coefficient (Wildman–Crippen LogP) is 2.29. The van der Waals surface area contributed by atoms with Gasteiger partial charge < -0.3 is 9.80 Å². The zero-order chi connectivity index (χ0) is 21.3. The average Bonchev–Trinajstić information content (AvgIpc) is 3.17. The monoisotopic (exact) mass is 424 g/mol. The number of thiazole rings is 1. The normalized spacial score (nSPS) is 14.8. The van der Waals surface area contributed by atoms with Crippen molar-refractivity contribution in [1.82, 2.24) is 19.2 Å². The maximum atomic E-state index is 13.0. The molecule has 0 aliphatic carbocycles. The molecule has 4 rings (SSSR count). The molecular formula is C22H24N4O3S. The van der Waals surface area contributed by atoms with Crippen LogP contribution in [0.15, 0.2) is 47.5 Å². The molecule has 1 aliphatic rings. The summed E-state index contributed by atoms with van der Waals surface area (Å²) in [4.78, 5) is 47.3. The predicted molar refractivity (Wildman–Crippen MR) is 116 cm³/mol. The highest BCUT2D eigenvalue weighted by Gasteiger charge is 2.30. The van der Waals surface area contributed by atoms with E-state index >= 15 is 0 Å². The lowest BCUT2D eigenvalue weighted by molar-refractivity contribution is -0.134. The molecule has 0 unspecified atom stereocenters. The van der Waals surface area contributed by atoms with E-state index in [0.717, 1.165) is 10.4 Å². The van der Waals surface area contributed by atoms with Crippen LogP contribution in [0.5, 0.6) is 0 Å². The first-order chi connectivity index (χ1) is 14.4. The zero-order valence-corrected chi connectivity index (χ0v) is 17.9. The van der Waals surface area contributed by atoms with Crippen LogP contribution in [0.2, 0.25) is 0 Å². The van der Waals surface area contributed by atoms with Gasteiger partial charge in [0.2, 0.25) is 5.91 Å². The van der Waals surface area contributed by atoms with Gasteiger partial charge in [-0.2, -0.15) is 0 Å². The second kappa shape index (κ2) is 8.39. The van der Waals surface area contributed by atoms with E-state index in [0.29, 0.717) is 37.3 Å². The number of hydrogen-bond donors (Lipinski definition) is 0. The molecule has 3 aromatic rings. The summed E-state index contributed by atoms with van der Waals surface area (Å²) in [5.41, 5.74) is 0.893. The number of likely N-dealkylation sites (tertiary alicyclic amines) is 1. The maximum absolute atomic E-state index is 13.0. The molecule has 3 heterocycles. The number of piperidine rings is 1. The summed E-state index contributed by atoms with van der Waals surface area (Å²) in [6.07, 6.45) is 5.10. The number of nitrogens with zero attached hydrogens (tertiary/aromatic N) is 4. The Morgan fingerprint density at radius 1 is 1.17 bits per heavy atom. The summed E-state index contributed by atoms with van der Waals surface area (Å²) >= 11 is 1.45. The van der Waals surface area contributed by atoms with E-state index in [1.807, 2.05) is 30.3 Å². The summed E-state index contributed by atoms with van der Waals surface area (Å²) < 4.78 is 1.47. The first kappa shape index (κ1) is 20.3. The van der Waals surface area contributed by atoms with E-state index < -0.39 is 0 Å². The Kier molecular flexibility index (Phi) is 5.67. The van der Waals surface area contributed by atoms with Crippen molar-refractivity contribution in [3.8, 4) is 0 Å². The number of carbonyl (C=O) groups is 2. The van der Waals surface area contributed by atoms with Gasteiger partial charge in [-0.25, -0.2) is 4.98 Å². The first-order valence-corrected chi connectivity index (χ1v) is 10.8. The van der Waals surface area contributed by atoms with Crippen LogP contribution in [-0.2, 0) is 11.2 Å². The minimum absolute atomic E-state index is 0.0665. The van der Waals surface area contributed by atoms with Crippen LogP contribution < -0.4 is 5.56 Å². The number of rotatable bonds is 4. The van der Waals surface area contributed by atoms with Crippen LogP contribution >= 0.6 is 11.3 Å². The molecule has 0 N–H and O–H groups in total. The minimum atomic E-state index is -0.341. The molecule has 8 heteroatoms. The molecule has 0 atom stereocenters. The van der Waals surface area contributed by atoms with Gasteiger partial charge in [-0.1, -0.05) is 30.3 Å². The van der Waals surface area contributed by atoms with Crippen LogP contribution in [0.4, 0.5) is 0 Å². The zero-order valence-electron chi connectivity index (χ0n) is 17.1. The van der Waals surface area contributed by atoms with E-state index in [2.05, 4.69) is 4.98 Å². The second-order valence-electron chi connectivity index (χ2n) is 7.79. The molecule has 2 aromatic heterocycles. The van der Waals surface area contributed by atoms with Gasteiger partial charge in [-0.15, -0.1) is 11.3 Å². The Labute approximate surface area is 178 Å². The Hall–Kier alpha value is -3.00. The first-order valence-electron chi connectivity index (χ1n) is 9.98. The molecular weight excluding hydrogens is 400 g/mol. The van der Waals surface area contributed by atoms with Crippen molar-refractivity contribution in [2.45, 2.75) is 19.3 Å². The summed E-state index contributed by atoms with van der Waals surface area (Å²) in [6, 6.07) is 10.0. The van der Waals surface area contributed by atoms with Crippen LogP contribution in [0.3, 0.4) is 0 Å². The Bertz CT molecular complexity index is 1130. The van der Waals surface area contributed by atoms with Crippen LogP contribution in [0, 0.1) is 5.92 Å². The highest BCUT2D eigenvalue weighted by molar-refractivity contribution is 7.17. The SMILES string of the molecule is CN(C)C(=O)C1CCN(C(=O)c2cnc3sc(Cc4ccccc4)cn3c2=O)CC1. The molecule has 30 heavy (non-hydrogen) atoms. The smallest absolute Gasteiger partial charge is 0.271 e. The summed E-state index contributed by atoms with van der Waals surface area (Å²) in [5.74, 6) is -0.286. The molecule has 156 valence electrons. The fourth-order valence-electron chi connectivity index (χ4n) is 3.82. The maximum Gasteiger partial charge on any atom is 0.271 e. The van der Waals surface area contributed by atoms with E-state index in [-0.39, 0.29) is 28.9 Å². The second-order valence-corrected chi connectivity index (χ2v) is 8.88. The molecule has 1 fully saturated rings. The van der Waals surface area contributed by atoms with Gasteiger partial charge in [-0.05, 0) is 18.4 Å². The van der Waals surface area contributed by atoms with Crippen molar-refractivity contribution in [2.75, 3.05) is 27.2 Å². The number of fused-ring (bicyclic) bond motifs is 1. The van der Waals surface area contributed by atoms with Crippen molar-refractivity contribution in [3.63, 3.8) is 0 Å². The molecule has 1 aromatic carbocycles. The highest BCUT2D eigenvalue weighted by atomic mass is 32.1. The number of carbonyl (C=O) groups excluding carboxylic acids is 2. The summed E-state index contributed by atoms with van der Waals surface area (Å²) in [6.45, 7) is 0.933. The third-order valence-electron chi connectivity index (χ3n) is 5.48. The topological polar surface area (TPSA) is 75.0 Å². The van der Waals surface area contributed by atoms with E-state index in [9.17, 15) is 14.4 Å². The third kappa shape index (κ3) is 4.00. The summed E-state index contributed by atoms with van der Waals surface area (Å²) in [7, 11) is 3.49. The highest BCUT2D eigenvalue weighted by Crippen LogP contribution is 2.21. The Morgan fingerprint density at radius 3 is 2.53 bits per heavy atom. The fourth-order valence-corrected chi connectivity index (χ4v) is 4.79. The minimum Gasteiger partial charge on any atom is -0.349 e. The largest absolute Gasteiger partial charge is 0.349 e. The van der Waals surface area contributed by atoms with E-state index in [1.54, 1.807) is 30.1 Å².